The molecule has 2 N–H and O–H groups in total. The van der Waals surface area contributed by atoms with Gasteiger partial charge in [0.25, 0.3) is 0 Å². The van der Waals surface area contributed by atoms with E-state index in [4.69, 9.17) is 15.2 Å². The van der Waals surface area contributed by atoms with Crippen LogP contribution in [0.2, 0.25) is 0 Å². The molecule has 0 aromatic heterocycles. The third kappa shape index (κ3) is 4.96. The van der Waals surface area contributed by atoms with Gasteiger partial charge in [-0.05, 0) is 62.1 Å². The molecule has 0 spiro atoms. The van der Waals surface area contributed by atoms with Crippen LogP contribution in [-0.2, 0) is 9.47 Å². The Morgan fingerprint density at radius 3 is 2.44 bits per heavy atom. The molecule has 0 radical (unpaired) electrons. The first kappa shape index (κ1) is 20.0. The molecule has 1 aliphatic heterocycles. The zero-order valence-electron chi connectivity index (χ0n) is 15.7. The minimum Gasteiger partial charge on any atom is -0.453 e. The average molecular weight is 382 g/mol. The van der Waals surface area contributed by atoms with Gasteiger partial charge >= 0.3 is 6.09 Å². The molecule has 2 aliphatic rings. The highest BCUT2D eigenvalue weighted by Gasteiger charge is 2.34. The first-order chi connectivity index (χ1) is 13.0. The molecule has 2 atom stereocenters. The minimum atomic E-state index is -0.530. The number of nitrogens with zero attached hydrogens (tertiary/aromatic N) is 1. The largest absolute Gasteiger partial charge is 0.453 e. The van der Waals surface area contributed by atoms with Crippen molar-refractivity contribution in [3.63, 3.8) is 0 Å². The number of halogens is 2. The number of amides is 1. The molecule has 5 nitrogen and oxygen atoms in total. The maximum Gasteiger partial charge on any atom is 0.409 e. The highest BCUT2D eigenvalue weighted by Crippen LogP contribution is 2.35. The number of nitrogens with two attached hydrogens (primary N) is 1. The van der Waals surface area contributed by atoms with Crippen LogP contribution in [0, 0.1) is 11.6 Å². The van der Waals surface area contributed by atoms with Gasteiger partial charge in [-0.15, -0.1) is 0 Å². The predicted octanol–water partition coefficient (Wildman–Crippen LogP) is 3.57. The summed E-state index contributed by atoms with van der Waals surface area (Å²) in [7, 11) is 1.37. The van der Waals surface area contributed by atoms with Crippen molar-refractivity contribution in [3.05, 3.63) is 35.4 Å². The molecular formula is C20H28F2N2O3. The van der Waals surface area contributed by atoms with Crippen molar-refractivity contribution in [2.45, 2.75) is 62.6 Å². The first-order valence-electron chi connectivity index (χ1n) is 9.65. The van der Waals surface area contributed by atoms with Gasteiger partial charge in [-0.2, -0.15) is 0 Å². The normalized spacial score (nSPS) is 28.8. The molecule has 3 rings (SSSR count). The van der Waals surface area contributed by atoms with E-state index >= 15 is 0 Å². The van der Waals surface area contributed by atoms with Gasteiger partial charge in [0.2, 0.25) is 0 Å². The van der Waals surface area contributed by atoms with E-state index < -0.39 is 11.6 Å². The SMILES string of the molecule is COC(=O)N1CCCC(N)[C@@H]1CO[C@H]1CC[C@@H](c2cc(F)cc(F)c2)CC1. The van der Waals surface area contributed by atoms with E-state index in [0.717, 1.165) is 50.2 Å². The van der Waals surface area contributed by atoms with Gasteiger partial charge in [-0.1, -0.05) is 0 Å². The van der Waals surface area contributed by atoms with Crippen LogP contribution >= 0.6 is 0 Å². The van der Waals surface area contributed by atoms with E-state index in [0.29, 0.717) is 13.2 Å². The molecule has 1 aliphatic carbocycles. The van der Waals surface area contributed by atoms with Crippen LogP contribution in [0.15, 0.2) is 18.2 Å². The lowest BCUT2D eigenvalue weighted by Crippen LogP contribution is -2.56. The van der Waals surface area contributed by atoms with Crippen LogP contribution in [0.4, 0.5) is 13.6 Å². The summed E-state index contributed by atoms with van der Waals surface area (Å²) in [5.74, 6) is -0.909. The molecule has 7 heteroatoms. The number of benzene rings is 1. The Bertz CT molecular complexity index is 630. The minimum absolute atomic E-state index is 0.0771. The van der Waals surface area contributed by atoms with Crippen molar-refractivity contribution in [1.82, 2.24) is 4.90 Å². The maximum atomic E-state index is 13.4. The van der Waals surface area contributed by atoms with Crippen molar-refractivity contribution < 1.29 is 23.0 Å². The third-order valence-electron chi connectivity index (χ3n) is 5.77. The summed E-state index contributed by atoms with van der Waals surface area (Å²) < 4.78 is 37.8. The molecule has 1 amide bonds. The molecule has 2 fully saturated rings. The Hall–Kier alpha value is -1.73. The molecule has 1 aromatic carbocycles. The van der Waals surface area contributed by atoms with Gasteiger partial charge in [-0.3, -0.25) is 0 Å². The second kappa shape index (κ2) is 8.97. The molecule has 27 heavy (non-hydrogen) atoms. The third-order valence-corrected chi connectivity index (χ3v) is 5.77. The monoisotopic (exact) mass is 382 g/mol. The number of methoxy groups -OCH3 is 1. The first-order valence-corrected chi connectivity index (χ1v) is 9.65. The number of piperidine rings is 1. The topological polar surface area (TPSA) is 64.8 Å². The zero-order valence-corrected chi connectivity index (χ0v) is 15.7. The van der Waals surface area contributed by atoms with Crippen LogP contribution in [0.5, 0.6) is 0 Å². The number of likely N-dealkylation sites (tertiary alicyclic amines) is 1. The van der Waals surface area contributed by atoms with Gasteiger partial charge in [0, 0.05) is 18.7 Å². The van der Waals surface area contributed by atoms with Gasteiger partial charge in [0.15, 0.2) is 0 Å². The Kier molecular flexibility index (Phi) is 6.65. The standard InChI is InChI=1S/C20H28F2N2O3/c1-26-20(25)24-8-2-3-18(23)19(24)12-27-17-6-4-13(5-7-17)14-9-15(21)11-16(22)10-14/h9-11,13,17-19H,2-8,12,23H2,1H3/t13-,17+,18?,19-/m0/s1. The Morgan fingerprint density at radius 2 is 1.81 bits per heavy atom. The molecule has 1 saturated heterocycles. The number of carbonyl (C=O) groups is 1. The second-order valence-electron chi connectivity index (χ2n) is 7.55. The Balaban J connectivity index is 1.52. The van der Waals surface area contributed by atoms with E-state index in [-0.39, 0.29) is 30.2 Å². The molecule has 1 aromatic rings. The number of hydrogen-bond acceptors (Lipinski definition) is 4. The van der Waals surface area contributed by atoms with Crippen LogP contribution in [0.3, 0.4) is 0 Å². The van der Waals surface area contributed by atoms with Crippen LogP contribution < -0.4 is 5.73 Å². The van der Waals surface area contributed by atoms with E-state index in [2.05, 4.69) is 0 Å². The summed E-state index contributed by atoms with van der Waals surface area (Å²) in [6, 6.07) is 3.44. The molecular weight excluding hydrogens is 354 g/mol. The molecule has 150 valence electrons. The van der Waals surface area contributed by atoms with Crippen molar-refractivity contribution in [2.24, 2.45) is 5.73 Å². The predicted molar refractivity (Wildman–Crippen MR) is 97.4 cm³/mol. The second-order valence-corrected chi connectivity index (χ2v) is 7.55. The lowest BCUT2D eigenvalue weighted by atomic mass is 9.82. The number of rotatable bonds is 4. The Labute approximate surface area is 158 Å². The van der Waals surface area contributed by atoms with Gasteiger partial charge in [-0.25, -0.2) is 13.6 Å². The molecule has 1 saturated carbocycles. The number of hydrogen-bond donors (Lipinski definition) is 1. The number of carbonyl (C=O) groups excluding carboxylic acids is 1. The highest BCUT2D eigenvalue weighted by molar-refractivity contribution is 5.68. The van der Waals surface area contributed by atoms with Gasteiger partial charge in [0.1, 0.15) is 11.6 Å². The highest BCUT2D eigenvalue weighted by atomic mass is 19.1. The summed E-state index contributed by atoms with van der Waals surface area (Å²) in [6.07, 6.45) is 4.73. The van der Waals surface area contributed by atoms with Gasteiger partial charge < -0.3 is 20.1 Å². The van der Waals surface area contributed by atoms with E-state index in [1.165, 1.54) is 19.2 Å². The van der Waals surface area contributed by atoms with Crippen molar-refractivity contribution >= 4 is 6.09 Å². The Morgan fingerprint density at radius 1 is 1.15 bits per heavy atom. The lowest BCUT2D eigenvalue weighted by molar-refractivity contribution is -0.0229. The van der Waals surface area contributed by atoms with Crippen LogP contribution in [0.25, 0.3) is 0 Å². The van der Waals surface area contributed by atoms with Crippen LogP contribution in [0.1, 0.15) is 50.0 Å². The summed E-state index contributed by atoms with van der Waals surface area (Å²) in [5, 5.41) is 0. The van der Waals surface area contributed by atoms with Crippen molar-refractivity contribution in [3.8, 4) is 0 Å². The maximum absolute atomic E-state index is 13.4. The molecule has 1 heterocycles. The average Bonchev–Trinajstić information content (AvgIpc) is 2.66. The van der Waals surface area contributed by atoms with Crippen molar-refractivity contribution in [1.29, 1.82) is 0 Å². The van der Waals surface area contributed by atoms with E-state index in [9.17, 15) is 13.6 Å². The fraction of sp³-hybridized carbons (Fsp3) is 0.650. The summed E-state index contributed by atoms with van der Waals surface area (Å²) in [5.41, 5.74) is 6.92. The molecule has 0 bridgehead atoms. The quantitative estimate of drug-likeness (QED) is 0.865. The smallest absolute Gasteiger partial charge is 0.409 e. The van der Waals surface area contributed by atoms with E-state index in [1.807, 2.05) is 0 Å². The summed E-state index contributed by atoms with van der Waals surface area (Å²) >= 11 is 0. The van der Waals surface area contributed by atoms with Crippen LogP contribution in [-0.4, -0.2) is 49.4 Å². The van der Waals surface area contributed by atoms with E-state index in [1.54, 1.807) is 4.90 Å². The fourth-order valence-corrected chi connectivity index (χ4v) is 4.25. The zero-order chi connectivity index (χ0) is 19.4. The molecule has 1 unspecified atom stereocenters. The summed E-state index contributed by atoms with van der Waals surface area (Å²) in [4.78, 5) is 13.6. The lowest BCUT2D eigenvalue weighted by Gasteiger charge is -2.39. The van der Waals surface area contributed by atoms with Crippen molar-refractivity contribution in [2.75, 3.05) is 20.3 Å². The number of ether oxygens (including phenoxy) is 2. The fourth-order valence-electron chi connectivity index (χ4n) is 4.25. The van der Waals surface area contributed by atoms with Gasteiger partial charge in [0.05, 0.1) is 25.9 Å². The summed E-state index contributed by atoms with van der Waals surface area (Å²) in [6.45, 7) is 1.02.